The number of rotatable bonds is 3. The molecule has 0 N–H and O–H groups in total. The molecule has 0 aliphatic carbocycles. The van der Waals surface area contributed by atoms with Crippen molar-refractivity contribution in [2.75, 3.05) is 0 Å². The summed E-state index contributed by atoms with van der Waals surface area (Å²) in [4.78, 5) is 0. The van der Waals surface area contributed by atoms with Gasteiger partial charge in [0.25, 0.3) is 0 Å². The third kappa shape index (κ3) is 4.98. The molecule has 0 aliphatic heterocycles. The maximum atomic E-state index is 2.23. The van der Waals surface area contributed by atoms with Gasteiger partial charge < -0.3 is 0 Å². The van der Waals surface area contributed by atoms with E-state index in [4.69, 9.17) is 0 Å². The monoisotopic (exact) mass is 220 g/mol. The van der Waals surface area contributed by atoms with E-state index in [2.05, 4.69) is 74.0 Å². The Morgan fingerprint density at radius 1 is 0.824 bits per heavy atom. The SMILES string of the molecule is CCCCCC.[Li][c]1cccc2ccccc12. The van der Waals surface area contributed by atoms with Gasteiger partial charge in [0.05, 0.1) is 0 Å². The molecule has 0 radical (unpaired) electrons. The van der Waals surface area contributed by atoms with Crippen LogP contribution in [0.3, 0.4) is 0 Å². The Morgan fingerprint density at radius 3 is 2.00 bits per heavy atom. The minimum absolute atomic E-state index is 1.33. The molecular weight excluding hydrogens is 199 g/mol. The molecule has 0 nitrogen and oxygen atoms in total. The first kappa shape index (κ1) is 14.4. The van der Waals surface area contributed by atoms with Crippen molar-refractivity contribution in [1.82, 2.24) is 0 Å². The van der Waals surface area contributed by atoms with E-state index in [1.54, 1.807) is 0 Å². The normalized spacial score (nSPS) is 9.88. The van der Waals surface area contributed by atoms with Crippen molar-refractivity contribution in [1.29, 1.82) is 0 Å². The van der Waals surface area contributed by atoms with Crippen LogP contribution in [0.25, 0.3) is 10.8 Å². The molecule has 0 amide bonds. The molecule has 0 saturated heterocycles. The molecule has 2 rings (SSSR count). The van der Waals surface area contributed by atoms with Crippen molar-refractivity contribution in [2.45, 2.75) is 39.5 Å². The van der Waals surface area contributed by atoms with E-state index < -0.39 is 0 Å². The molecule has 17 heavy (non-hydrogen) atoms. The van der Waals surface area contributed by atoms with Gasteiger partial charge >= 0.3 is 75.2 Å². The topological polar surface area (TPSA) is 0 Å². The van der Waals surface area contributed by atoms with Crippen LogP contribution >= 0.6 is 0 Å². The summed E-state index contributed by atoms with van der Waals surface area (Å²) in [6, 6.07) is 14.8. The van der Waals surface area contributed by atoms with Crippen molar-refractivity contribution >= 4 is 32.7 Å². The van der Waals surface area contributed by atoms with Crippen LogP contribution in [0.4, 0.5) is 0 Å². The summed E-state index contributed by atoms with van der Waals surface area (Å²) < 4.78 is 1.35. The van der Waals surface area contributed by atoms with E-state index in [-0.39, 0.29) is 0 Å². The van der Waals surface area contributed by atoms with E-state index in [0.717, 1.165) is 0 Å². The quantitative estimate of drug-likeness (QED) is 0.536. The van der Waals surface area contributed by atoms with E-state index in [1.807, 2.05) is 0 Å². The van der Waals surface area contributed by atoms with Gasteiger partial charge in [-0.25, -0.2) is 0 Å². The second-order valence-electron chi connectivity index (χ2n) is 4.50. The Bertz CT molecular complexity index is 425. The Labute approximate surface area is 115 Å². The second kappa shape index (κ2) is 8.40. The van der Waals surface area contributed by atoms with Gasteiger partial charge in [0.2, 0.25) is 0 Å². The summed E-state index contributed by atoms with van der Waals surface area (Å²) >= 11 is 2.14. The fourth-order valence-corrected chi connectivity index (χ4v) is 1.89. The number of unbranched alkanes of at least 4 members (excludes halogenated alkanes) is 3. The van der Waals surface area contributed by atoms with Gasteiger partial charge in [-0.2, -0.15) is 0 Å². The number of hydrogen-bond donors (Lipinski definition) is 0. The van der Waals surface area contributed by atoms with Crippen molar-refractivity contribution in [3.8, 4) is 0 Å². The van der Waals surface area contributed by atoms with Gasteiger partial charge in [0.1, 0.15) is 0 Å². The second-order valence-corrected chi connectivity index (χ2v) is 4.50. The van der Waals surface area contributed by atoms with Crippen LogP contribution in [0.15, 0.2) is 42.5 Å². The molecule has 0 spiro atoms. The Morgan fingerprint density at radius 2 is 1.41 bits per heavy atom. The maximum absolute atomic E-state index is 2.23. The number of fused-ring (bicyclic) bond motifs is 1. The fraction of sp³-hybridized carbons (Fsp3) is 0.375. The molecule has 0 unspecified atom stereocenters. The van der Waals surface area contributed by atoms with E-state index in [0.29, 0.717) is 0 Å². The first-order valence-electron chi connectivity index (χ1n) is 6.74. The minimum atomic E-state index is 1.33. The van der Waals surface area contributed by atoms with Crippen LogP contribution in [0.5, 0.6) is 0 Å². The van der Waals surface area contributed by atoms with E-state index >= 15 is 0 Å². The van der Waals surface area contributed by atoms with Gasteiger partial charge in [0.15, 0.2) is 0 Å². The fourth-order valence-electron chi connectivity index (χ4n) is 1.89. The molecule has 2 aromatic rings. The standard InChI is InChI=1S/C10H7.C6H14.Li/c1-2-6-10-8-4-3-7-9(10)5-1;1-3-5-6-4-2;/h1-7H;3-6H2,1-2H3;. The van der Waals surface area contributed by atoms with Crippen LogP contribution in [0.1, 0.15) is 39.5 Å². The summed E-state index contributed by atoms with van der Waals surface area (Å²) in [5, 5.41) is 2.68. The van der Waals surface area contributed by atoms with Gasteiger partial charge in [0, 0.05) is 0 Å². The molecule has 86 valence electrons. The van der Waals surface area contributed by atoms with Crippen LogP contribution in [0, 0.1) is 0 Å². The predicted octanol–water partition coefficient (Wildman–Crippen LogP) is 4.22. The first-order valence-corrected chi connectivity index (χ1v) is 6.74. The van der Waals surface area contributed by atoms with Crippen LogP contribution < -0.4 is 4.24 Å². The molecule has 0 aliphatic rings. The summed E-state index contributed by atoms with van der Waals surface area (Å²) in [6.45, 7) is 4.46. The van der Waals surface area contributed by atoms with Crippen LogP contribution in [-0.2, 0) is 0 Å². The van der Waals surface area contributed by atoms with E-state index in [1.165, 1.54) is 40.7 Å². The predicted molar refractivity (Wildman–Crippen MR) is 79.2 cm³/mol. The molecule has 0 bridgehead atoms. The zero-order valence-corrected chi connectivity index (χ0v) is 11.4. The van der Waals surface area contributed by atoms with Crippen LogP contribution in [0.2, 0.25) is 0 Å². The zero-order chi connectivity index (χ0) is 12.5. The third-order valence-electron chi connectivity index (χ3n) is 2.96. The summed E-state index contributed by atoms with van der Waals surface area (Å²) in [7, 11) is 0. The Balaban J connectivity index is 0.000000209. The zero-order valence-electron chi connectivity index (χ0n) is 11.4. The van der Waals surface area contributed by atoms with Gasteiger partial charge in [-0.1, -0.05) is 39.5 Å². The molecule has 0 fully saturated rings. The van der Waals surface area contributed by atoms with Gasteiger partial charge in [-0.3, -0.25) is 0 Å². The summed E-state index contributed by atoms with van der Waals surface area (Å²) in [5.74, 6) is 0. The number of benzene rings is 2. The van der Waals surface area contributed by atoms with Crippen molar-refractivity contribution in [3.05, 3.63) is 42.5 Å². The summed E-state index contributed by atoms with van der Waals surface area (Å²) in [6.07, 6.45) is 5.54. The molecule has 0 aromatic heterocycles. The molecule has 0 heterocycles. The van der Waals surface area contributed by atoms with Gasteiger partial charge in [-0.15, -0.1) is 0 Å². The number of hydrogen-bond acceptors (Lipinski definition) is 0. The third-order valence-corrected chi connectivity index (χ3v) is 2.96. The van der Waals surface area contributed by atoms with E-state index in [9.17, 15) is 0 Å². The average Bonchev–Trinajstić information content (AvgIpc) is 2.38. The van der Waals surface area contributed by atoms with Crippen LogP contribution in [-0.4, -0.2) is 17.7 Å². The first-order chi connectivity index (χ1) is 8.29. The summed E-state index contributed by atoms with van der Waals surface area (Å²) in [5.41, 5.74) is 0. The average molecular weight is 220 g/mol. The van der Waals surface area contributed by atoms with Crippen molar-refractivity contribution < 1.29 is 0 Å². The molecule has 1 heteroatoms. The van der Waals surface area contributed by atoms with Crippen molar-refractivity contribution in [2.24, 2.45) is 0 Å². The molecular formula is C16H21Li. The van der Waals surface area contributed by atoms with Crippen molar-refractivity contribution in [3.63, 3.8) is 0 Å². The molecule has 2 aromatic carbocycles. The molecule has 0 atom stereocenters. The molecule has 0 saturated carbocycles. The Hall–Kier alpha value is -0.703. The Kier molecular flexibility index (Phi) is 7.09. The van der Waals surface area contributed by atoms with Gasteiger partial charge in [-0.05, 0) is 0 Å².